The third-order valence-electron chi connectivity index (χ3n) is 3.20. The SMILES string of the molecule is CC(C)(C)OC(=O)NCc1nc(C(=O)NCCc2ccccc2F)cs1. The average molecular weight is 379 g/mol. The number of carbonyl (C=O) groups excluding carboxylic acids is 2. The number of hydrogen-bond acceptors (Lipinski definition) is 5. The smallest absolute Gasteiger partial charge is 0.408 e. The van der Waals surface area contributed by atoms with Crippen LogP contribution in [0.25, 0.3) is 0 Å². The molecule has 1 aromatic carbocycles. The van der Waals surface area contributed by atoms with Gasteiger partial charge in [0.05, 0.1) is 6.54 Å². The van der Waals surface area contributed by atoms with Gasteiger partial charge in [0.1, 0.15) is 22.1 Å². The van der Waals surface area contributed by atoms with Crippen LogP contribution < -0.4 is 10.6 Å². The van der Waals surface area contributed by atoms with E-state index in [1.807, 2.05) is 0 Å². The molecule has 1 aromatic heterocycles. The van der Waals surface area contributed by atoms with E-state index in [1.165, 1.54) is 17.4 Å². The molecule has 0 saturated heterocycles. The molecule has 2 amide bonds. The van der Waals surface area contributed by atoms with Crippen molar-refractivity contribution < 1.29 is 18.7 Å². The van der Waals surface area contributed by atoms with E-state index in [1.54, 1.807) is 44.4 Å². The van der Waals surface area contributed by atoms with E-state index < -0.39 is 11.7 Å². The molecule has 2 N–H and O–H groups in total. The number of halogens is 1. The largest absolute Gasteiger partial charge is 0.444 e. The molecular weight excluding hydrogens is 357 g/mol. The van der Waals surface area contributed by atoms with Gasteiger partial charge in [-0.25, -0.2) is 14.2 Å². The maximum absolute atomic E-state index is 13.5. The van der Waals surface area contributed by atoms with Gasteiger partial charge in [-0.1, -0.05) is 18.2 Å². The molecule has 0 aliphatic carbocycles. The fraction of sp³-hybridized carbons (Fsp3) is 0.389. The highest BCUT2D eigenvalue weighted by Gasteiger charge is 2.17. The minimum Gasteiger partial charge on any atom is -0.444 e. The van der Waals surface area contributed by atoms with E-state index in [2.05, 4.69) is 15.6 Å². The number of alkyl carbamates (subject to hydrolysis) is 1. The lowest BCUT2D eigenvalue weighted by Gasteiger charge is -2.19. The second-order valence-electron chi connectivity index (χ2n) is 6.58. The fourth-order valence-corrected chi connectivity index (χ4v) is 2.77. The van der Waals surface area contributed by atoms with Crippen LogP contribution in [-0.4, -0.2) is 29.1 Å². The van der Waals surface area contributed by atoms with Crippen molar-refractivity contribution in [2.24, 2.45) is 0 Å². The lowest BCUT2D eigenvalue weighted by atomic mass is 10.1. The molecule has 8 heteroatoms. The van der Waals surface area contributed by atoms with Crippen LogP contribution in [0.15, 0.2) is 29.6 Å². The van der Waals surface area contributed by atoms with E-state index in [-0.39, 0.29) is 24.0 Å². The molecular formula is C18H22FN3O3S. The summed E-state index contributed by atoms with van der Waals surface area (Å²) in [7, 11) is 0. The van der Waals surface area contributed by atoms with Gasteiger partial charge in [-0.15, -0.1) is 11.3 Å². The Bertz CT molecular complexity index is 771. The topological polar surface area (TPSA) is 80.3 Å². The normalized spacial score (nSPS) is 11.1. The van der Waals surface area contributed by atoms with Crippen LogP contribution in [0.3, 0.4) is 0 Å². The summed E-state index contributed by atoms with van der Waals surface area (Å²) in [6.45, 7) is 5.82. The highest BCUT2D eigenvalue weighted by molar-refractivity contribution is 7.09. The minimum atomic E-state index is -0.573. The first-order valence-corrected chi connectivity index (χ1v) is 9.05. The minimum absolute atomic E-state index is 0.183. The first-order chi connectivity index (χ1) is 12.2. The lowest BCUT2D eigenvalue weighted by molar-refractivity contribution is 0.0523. The third kappa shape index (κ3) is 6.44. The molecule has 0 atom stereocenters. The van der Waals surface area contributed by atoms with Crippen LogP contribution in [0, 0.1) is 5.82 Å². The fourth-order valence-electron chi connectivity index (χ4n) is 2.06. The van der Waals surface area contributed by atoms with Gasteiger partial charge in [0, 0.05) is 11.9 Å². The Balaban J connectivity index is 1.78. The Labute approximate surface area is 155 Å². The quantitative estimate of drug-likeness (QED) is 0.807. The molecule has 0 bridgehead atoms. The number of thiazole rings is 1. The van der Waals surface area contributed by atoms with Crippen molar-refractivity contribution in [3.05, 3.63) is 51.7 Å². The van der Waals surface area contributed by atoms with Gasteiger partial charge < -0.3 is 15.4 Å². The first-order valence-electron chi connectivity index (χ1n) is 8.17. The maximum atomic E-state index is 13.5. The van der Waals surface area contributed by atoms with Crippen molar-refractivity contribution in [1.82, 2.24) is 15.6 Å². The van der Waals surface area contributed by atoms with Crippen LogP contribution in [0.1, 0.15) is 41.8 Å². The van der Waals surface area contributed by atoms with Gasteiger partial charge in [0.25, 0.3) is 5.91 Å². The van der Waals surface area contributed by atoms with Crippen LogP contribution >= 0.6 is 11.3 Å². The van der Waals surface area contributed by atoms with Crippen molar-refractivity contribution >= 4 is 23.3 Å². The van der Waals surface area contributed by atoms with E-state index in [4.69, 9.17) is 4.74 Å². The highest BCUT2D eigenvalue weighted by atomic mass is 32.1. The maximum Gasteiger partial charge on any atom is 0.408 e. The first kappa shape index (κ1) is 19.8. The van der Waals surface area contributed by atoms with Gasteiger partial charge in [0.2, 0.25) is 0 Å². The molecule has 26 heavy (non-hydrogen) atoms. The van der Waals surface area contributed by atoms with Crippen LogP contribution in [0.5, 0.6) is 0 Å². The molecule has 0 unspecified atom stereocenters. The zero-order valence-corrected chi connectivity index (χ0v) is 15.8. The Morgan fingerprint density at radius 2 is 1.96 bits per heavy atom. The number of nitrogens with one attached hydrogen (secondary N) is 2. The van der Waals surface area contributed by atoms with E-state index in [9.17, 15) is 14.0 Å². The summed E-state index contributed by atoms with van der Waals surface area (Å²) in [5, 5.41) is 7.51. The summed E-state index contributed by atoms with van der Waals surface area (Å²) >= 11 is 1.27. The van der Waals surface area contributed by atoms with Crippen LogP contribution in [0.2, 0.25) is 0 Å². The standard InChI is InChI=1S/C18H22FN3O3S/c1-18(2,3)25-17(24)21-10-15-22-14(11-26-15)16(23)20-9-8-12-6-4-5-7-13(12)19/h4-7,11H,8-10H2,1-3H3,(H,20,23)(H,21,24). The molecule has 6 nitrogen and oxygen atoms in total. The van der Waals surface area contributed by atoms with Crippen molar-refractivity contribution in [2.75, 3.05) is 6.54 Å². The molecule has 2 rings (SSSR count). The van der Waals surface area contributed by atoms with Crippen molar-refractivity contribution in [2.45, 2.75) is 39.3 Å². The highest BCUT2D eigenvalue weighted by Crippen LogP contribution is 2.11. The predicted molar refractivity (Wildman–Crippen MR) is 97.6 cm³/mol. The van der Waals surface area contributed by atoms with Gasteiger partial charge in [-0.2, -0.15) is 0 Å². The summed E-state index contributed by atoms with van der Waals surface area (Å²) in [5.74, 6) is -0.619. The number of amides is 2. The van der Waals surface area contributed by atoms with Gasteiger partial charge in [-0.05, 0) is 38.8 Å². The number of ether oxygens (including phenoxy) is 1. The van der Waals surface area contributed by atoms with Gasteiger partial charge >= 0.3 is 6.09 Å². The molecule has 0 fully saturated rings. The molecule has 0 aliphatic rings. The molecule has 2 aromatic rings. The molecule has 140 valence electrons. The summed E-state index contributed by atoms with van der Waals surface area (Å²) in [5.41, 5.74) is 0.244. The van der Waals surface area contributed by atoms with E-state index >= 15 is 0 Å². The summed E-state index contributed by atoms with van der Waals surface area (Å²) in [6, 6.07) is 6.45. The number of nitrogens with zero attached hydrogens (tertiary/aromatic N) is 1. The Kier molecular flexibility index (Phi) is 6.68. The van der Waals surface area contributed by atoms with Crippen molar-refractivity contribution in [1.29, 1.82) is 0 Å². The van der Waals surface area contributed by atoms with Crippen molar-refractivity contribution in [3.63, 3.8) is 0 Å². The van der Waals surface area contributed by atoms with E-state index in [0.717, 1.165) is 0 Å². The molecule has 1 heterocycles. The lowest BCUT2D eigenvalue weighted by Crippen LogP contribution is -2.32. The zero-order chi connectivity index (χ0) is 19.2. The van der Waals surface area contributed by atoms with Crippen LogP contribution in [0.4, 0.5) is 9.18 Å². The molecule has 0 aliphatic heterocycles. The molecule has 0 saturated carbocycles. The van der Waals surface area contributed by atoms with Crippen LogP contribution in [-0.2, 0) is 17.7 Å². The predicted octanol–water partition coefficient (Wildman–Crippen LogP) is 3.28. The van der Waals surface area contributed by atoms with E-state index in [0.29, 0.717) is 23.5 Å². The number of benzene rings is 1. The number of rotatable bonds is 6. The number of hydrogen-bond donors (Lipinski definition) is 2. The van der Waals surface area contributed by atoms with Gasteiger partial charge in [0.15, 0.2) is 0 Å². The number of aromatic nitrogens is 1. The molecule has 0 spiro atoms. The Morgan fingerprint density at radius 1 is 1.23 bits per heavy atom. The Morgan fingerprint density at radius 3 is 2.65 bits per heavy atom. The Hall–Kier alpha value is -2.48. The van der Waals surface area contributed by atoms with Crippen molar-refractivity contribution in [3.8, 4) is 0 Å². The summed E-state index contributed by atoms with van der Waals surface area (Å²) in [4.78, 5) is 27.9. The third-order valence-corrected chi connectivity index (χ3v) is 4.05. The number of carbonyl (C=O) groups is 2. The monoisotopic (exact) mass is 379 g/mol. The van der Waals surface area contributed by atoms with Gasteiger partial charge in [-0.3, -0.25) is 4.79 Å². The summed E-state index contributed by atoms with van der Waals surface area (Å²) in [6.07, 6.45) is -0.140. The average Bonchev–Trinajstić information content (AvgIpc) is 3.02. The summed E-state index contributed by atoms with van der Waals surface area (Å²) < 4.78 is 18.7. The zero-order valence-electron chi connectivity index (χ0n) is 15.0. The second kappa shape index (κ2) is 8.75. The molecule has 0 radical (unpaired) electrons. The second-order valence-corrected chi connectivity index (χ2v) is 7.52.